The number of piperidine rings is 1. The number of halogens is 3. The maximum absolute atomic E-state index is 12.2. The second kappa shape index (κ2) is 4.83. The molecule has 0 aromatic heterocycles. The van der Waals surface area contributed by atoms with Gasteiger partial charge in [-0.3, -0.25) is 4.79 Å². The van der Waals surface area contributed by atoms with E-state index in [0.29, 0.717) is 24.3 Å². The van der Waals surface area contributed by atoms with Gasteiger partial charge in [-0.1, -0.05) is 0 Å². The van der Waals surface area contributed by atoms with Crippen LogP contribution in [0.15, 0.2) is 0 Å². The minimum atomic E-state index is -4.21. The second-order valence-electron chi connectivity index (χ2n) is 3.84. The first-order valence-corrected chi connectivity index (χ1v) is 4.96. The summed E-state index contributed by atoms with van der Waals surface area (Å²) in [6, 6.07) is 0. The summed E-state index contributed by atoms with van der Waals surface area (Å²) in [5.74, 6) is 0.0424. The van der Waals surface area contributed by atoms with Gasteiger partial charge in [0.2, 0.25) is 5.91 Å². The molecule has 1 saturated heterocycles. The maximum Gasteiger partial charge on any atom is 0.459 e. The van der Waals surface area contributed by atoms with Crippen LogP contribution in [0.2, 0.25) is 0 Å². The highest BCUT2D eigenvalue weighted by Crippen LogP contribution is 2.27. The highest BCUT2D eigenvalue weighted by atomic mass is 19.4. The maximum atomic E-state index is 12.2. The lowest BCUT2D eigenvalue weighted by Gasteiger charge is -2.32. The normalized spacial score (nSPS) is 20.3. The van der Waals surface area contributed by atoms with Gasteiger partial charge < -0.3 is 5.32 Å². The van der Waals surface area contributed by atoms with Crippen LogP contribution in [-0.2, 0) is 4.79 Å². The number of nitrogens with zero attached hydrogens (tertiary/aromatic N) is 1. The van der Waals surface area contributed by atoms with Gasteiger partial charge in [0.1, 0.15) is 0 Å². The Morgan fingerprint density at radius 3 is 2.33 bits per heavy atom. The fourth-order valence-electron chi connectivity index (χ4n) is 1.68. The van der Waals surface area contributed by atoms with E-state index in [1.807, 2.05) is 0 Å². The third-order valence-corrected chi connectivity index (χ3v) is 2.61. The summed E-state index contributed by atoms with van der Waals surface area (Å²) < 4.78 is 36.7. The van der Waals surface area contributed by atoms with Gasteiger partial charge in [-0.25, -0.2) is 4.90 Å². The largest absolute Gasteiger partial charge is 0.459 e. The van der Waals surface area contributed by atoms with E-state index in [2.05, 4.69) is 5.32 Å². The number of hydrogen-bond acceptors (Lipinski definition) is 2. The van der Waals surface area contributed by atoms with Crippen molar-refractivity contribution < 1.29 is 18.0 Å². The van der Waals surface area contributed by atoms with Crippen molar-refractivity contribution in [1.29, 1.82) is 0 Å². The average molecular weight is 224 g/mol. The minimum Gasteiger partial charge on any atom is -0.356 e. The molecule has 1 fully saturated rings. The van der Waals surface area contributed by atoms with E-state index in [0.717, 1.165) is 0 Å². The van der Waals surface area contributed by atoms with E-state index in [4.69, 9.17) is 0 Å². The molecule has 6 heteroatoms. The van der Waals surface area contributed by atoms with Crippen LogP contribution in [0.5, 0.6) is 0 Å². The zero-order chi connectivity index (χ0) is 11.5. The summed E-state index contributed by atoms with van der Waals surface area (Å²) in [6.45, 7) is 1.97. The Kier molecular flexibility index (Phi) is 3.96. The van der Waals surface area contributed by atoms with Crippen molar-refractivity contribution in [3.63, 3.8) is 0 Å². The summed E-state index contributed by atoms with van der Waals surface area (Å²) in [5, 5.41) is 2.63. The molecule has 0 unspecified atom stereocenters. The van der Waals surface area contributed by atoms with Crippen LogP contribution in [-0.4, -0.2) is 36.7 Å². The number of alkyl halides is 3. The van der Waals surface area contributed by atoms with Crippen LogP contribution in [0.4, 0.5) is 13.2 Å². The van der Waals surface area contributed by atoms with E-state index >= 15 is 0 Å². The highest BCUT2D eigenvalue weighted by molar-refractivity contribution is 5.72. The van der Waals surface area contributed by atoms with Gasteiger partial charge in [-0.05, 0) is 18.8 Å². The first-order chi connectivity index (χ1) is 6.89. The lowest BCUT2D eigenvalue weighted by molar-refractivity contribution is -0.251. The Morgan fingerprint density at radius 2 is 1.93 bits per heavy atom. The number of carbonyl (C=O) groups is 1. The molecule has 1 amide bonds. The van der Waals surface area contributed by atoms with Crippen LogP contribution < -0.4 is 5.32 Å². The van der Waals surface area contributed by atoms with E-state index in [1.54, 1.807) is 0 Å². The zero-order valence-corrected chi connectivity index (χ0v) is 8.60. The monoisotopic (exact) mass is 224 g/mol. The highest BCUT2D eigenvalue weighted by Gasteiger charge is 2.38. The summed E-state index contributed by atoms with van der Waals surface area (Å²) in [6.07, 6.45) is -3.24. The van der Waals surface area contributed by atoms with Gasteiger partial charge in [0.25, 0.3) is 0 Å². The van der Waals surface area contributed by atoms with Gasteiger partial charge in [-0.2, -0.15) is 13.2 Å². The summed E-state index contributed by atoms with van der Waals surface area (Å²) in [4.78, 5) is 11.1. The molecule has 0 aliphatic carbocycles. The molecule has 1 N–H and O–H groups in total. The first kappa shape index (κ1) is 12.3. The predicted molar refractivity (Wildman–Crippen MR) is 49.0 cm³/mol. The van der Waals surface area contributed by atoms with Gasteiger partial charge in [0.05, 0.1) is 0 Å². The Morgan fingerprint density at radius 1 is 1.40 bits per heavy atom. The Bertz CT molecular complexity index is 222. The quantitative estimate of drug-likeness (QED) is 0.718. The van der Waals surface area contributed by atoms with E-state index in [-0.39, 0.29) is 24.9 Å². The van der Waals surface area contributed by atoms with Crippen molar-refractivity contribution >= 4 is 5.91 Å². The molecule has 1 aliphatic rings. The summed E-state index contributed by atoms with van der Waals surface area (Å²) >= 11 is 0. The lowest BCUT2D eigenvalue weighted by Crippen LogP contribution is -2.45. The fraction of sp³-hybridized carbons (Fsp3) is 0.889. The Balaban J connectivity index is 2.27. The minimum absolute atomic E-state index is 0.0355. The molecular formula is C9H15F3N2O. The topological polar surface area (TPSA) is 32.3 Å². The molecule has 1 heterocycles. The number of hydrogen-bond donors (Lipinski definition) is 1. The molecule has 0 aromatic carbocycles. The van der Waals surface area contributed by atoms with Gasteiger partial charge in [-0.15, -0.1) is 0 Å². The molecule has 0 radical (unpaired) electrons. The van der Waals surface area contributed by atoms with Crippen molar-refractivity contribution in [3.8, 4) is 0 Å². The number of nitrogens with one attached hydrogen (secondary N) is 1. The summed E-state index contributed by atoms with van der Waals surface area (Å²) in [7, 11) is 0. The van der Waals surface area contributed by atoms with E-state index in [9.17, 15) is 18.0 Å². The molecule has 3 nitrogen and oxygen atoms in total. The molecule has 1 aliphatic heterocycles. The first-order valence-electron chi connectivity index (χ1n) is 4.96. The number of likely N-dealkylation sites (tertiary alicyclic amines) is 1. The fourth-order valence-corrected chi connectivity index (χ4v) is 1.68. The van der Waals surface area contributed by atoms with Crippen molar-refractivity contribution in [2.24, 2.45) is 5.92 Å². The van der Waals surface area contributed by atoms with Gasteiger partial charge >= 0.3 is 6.30 Å². The van der Waals surface area contributed by atoms with E-state index < -0.39 is 6.30 Å². The number of amides is 1. The van der Waals surface area contributed by atoms with Crippen molar-refractivity contribution in [2.45, 2.75) is 26.1 Å². The van der Waals surface area contributed by atoms with Gasteiger partial charge in [0.15, 0.2) is 0 Å². The third kappa shape index (κ3) is 4.07. The molecule has 15 heavy (non-hydrogen) atoms. The van der Waals surface area contributed by atoms with Crippen molar-refractivity contribution in [1.82, 2.24) is 10.2 Å². The average Bonchev–Trinajstić information content (AvgIpc) is 2.14. The van der Waals surface area contributed by atoms with Crippen molar-refractivity contribution in [3.05, 3.63) is 0 Å². The number of rotatable bonds is 2. The van der Waals surface area contributed by atoms with Gasteiger partial charge in [0, 0.05) is 26.6 Å². The zero-order valence-electron chi connectivity index (χ0n) is 8.60. The predicted octanol–water partition coefficient (Wildman–Crippen LogP) is 1.35. The van der Waals surface area contributed by atoms with Crippen LogP contribution in [0.3, 0.4) is 0 Å². The second-order valence-corrected chi connectivity index (χ2v) is 3.84. The molecule has 0 spiro atoms. The van der Waals surface area contributed by atoms with Crippen molar-refractivity contribution in [2.75, 3.05) is 19.6 Å². The van der Waals surface area contributed by atoms with E-state index in [1.165, 1.54) is 6.92 Å². The molecular weight excluding hydrogens is 209 g/mol. The molecule has 0 aromatic rings. The molecule has 0 saturated carbocycles. The molecule has 0 bridgehead atoms. The Labute approximate surface area is 86.6 Å². The van der Waals surface area contributed by atoms with Crippen LogP contribution in [0, 0.1) is 5.92 Å². The SMILES string of the molecule is CC(=O)NCC1CCN(C(F)(F)F)CC1. The smallest absolute Gasteiger partial charge is 0.356 e. The van der Waals surface area contributed by atoms with Crippen LogP contribution in [0.25, 0.3) is 0 Å². The lowest BCUT2D eigenvalue weighted by atomic mass is 9.97. The molecule has 88 valence electrons. The standard InChI is InChI=1S/C9H15F3N2O/c1-7(15)13-6-8-2-4-14(5-3-8)9(10,11)12/h8H,2-6H2,1H3,(H,13,15). The van der Waals surface area contributed by atoms with Crippen LogP contribution >= 0.6 is 0 Å². The van der Waals surface area contributed by atoms with Crippen LogP contribution in [0.1, 0.15) is 19.8 Å². The third-order valence-electron chi connectivity index (χ3n) is 2.61. The summed E-state index contributed by atoms with van der Waals surface area (Å²) in [5.41, 5.74) is 0. The molecule has 0 atom stereocenters. The number of carbonyl (C=O) groups excluding carboxylic acids is 1. The Hall–Kier alpha value is -0.780. The molecule has 1 rings (SSSR count).